The Bertz CT molecular complexity index is 758. The Kier molecular flexibility index (Phi) is 4.62. The summed E-state index contributed by atoms with van der Waals surface area (Å²) in [6.07, 6.45) is 1.10. The van der Waals surface area contributed by atoms with Crippen LogP contribution in [0.25, 0.3) is 11.3 Å². The van der Waals surface area contributed by atoms with Gasteiger partial charge in [0.25, 0.3) is 0 Å². The van der Waals surface area contributed by atoms with Crippen molar-refractivity contribution in [2.24, 2.45) is 0 Å². The highest BCUT2D eigenvalue weighted by Crippen LogP contribution is 2.29. The van der Waals surface area contributed by atoms with Gasteiger partial charge in [0.05, 0.1) is 11.3 Å². The standard InChI is InChI=1S/C19H23N3O2/c1-12(2)22-8-7-16(11-22)18-10-17(20-13(3)21-18)14-5-4-6-15(9-14)19(23)24/h4-6,9-10,12,16H,7-8,11H2,1-3H3,(H,23,24)/t16-/m0/s1. The first-order valence-corrected chi connectivity index (χ1v) is 8.37. The summed E-state index contributed by atoms with van der Waals surface area (Å²) in [4.78, 5) is 22.8. The predicted molar refractivity (Wildman–Crippen MR) is 93.2 cm³/mol. The molecule has 1 aromatic carbocycles. The number of aromatic nitrogens is 2. The van der Waals surface area contributed by atoms with Crippen LogP contribution in [0.3, 0.4) is 0 Å². The topological polar surface area (TPSA) is 66.3 Å². The average molecular weight is 325 g/mol. The Labute approximate surface area is 142 Å². The molecule has 0 unspecified atom stereocenters. The van der Waals surface area contributed by atoms with Gasteiger partial charge in [-0.15, -0.1) is 0 Å². The third-order valence-electron chi connectivity index (χ3n) is 4.63. The number of likely N-dealkylation sites (tertiary alicyclic amines) is 1. The van der Waals surface area contributed by atoms with Gasteiger partial charge in [0.2, 0.25) is 0 Å². The number of carboxylic acid groups (broad SMARTS) is 1. The number of hydrogen-bond acceptors (Lipinski definition) is 4. The molecule has 0 saturated carbocycles. The van der Waals surface area contributed by atoms with Crippen LogP contribution in [-0.2, 0) is 0 Å². The molecule has 0 radical (unpaired) electrons. The van der Waals surface area contributed by atoms with E-state index in [1.54, 1.807) is 18.2 Å². The monoisotopic (exact) mass is 325 g/mol. The van der Waals surface area contributed by atoms with Gasteiger partial charge in [-0.3, -0.25) is 0 Å². The SMILES string of the molecule is Cc1nc(-c2cccc(C(=O)O)c2)cc([C@H]2CCN(C(C)C)C2)n1. The van der Waals surface area contributed by atoms with Crippen LogP contribution >= 0.6 is 0 Å². The zero-order valence-electron chi connectivity index (χ0n) is 14.4. The molecule has 126 valence electrons. The Morgan fingerprint density at radius 3 is 2.75 bits per heavy atom. The van der Waals surface area contributed by atoms with Gasteiger partial charge in [0.1, 0.15) is 5.82 Å². The molecule has 0 spiro atoms. The van der Waals surface area contributed by atoms with E-state index in [1.807, 2.05) is 19.1 Å². The number of benzene rings is 1. The Morgan fingerprint density at radius 2 is 2.08 bits per heavy atom. The first-order chi connectivity index (χ1) is 11.4. The molecular weight excluding hydrogens is 302 g/mol. The first kappa shape index (κ1) is 16.6. The van der Waals surface area contributed by atoms with E-state index in [0.29, 0.717) is 12.0 Å². The summed E-state index contributed by atoms with van der Waals surface area (Å²) in [6.45, 7) is 8.44. The third-order valence-corrected chi connectivity index (χ3v) is 4.63. The molecule has 5 nitrogen and oxygen atoms in total. The fourth-order valence-electron chi connectivity index (χ4n) is 3.26. The van der Waals surface area contributed by atoms with Gasteiger partial charge in [-0.2, -0.15) is 0 Å². The van der Waals surface area contributed by atoms with Crippen molar-refractivity contribution in [1.29, 1.82) is 0 Å². The highest BCUT2D eigenvalue weighted by molar-refractivity contribution is 5.89. The average Bonchev–Trinajstić information content (AvgIpc) is 3.05. The van der Waals surface area contributed by atoms with Crippen molar-refractivity contribution in [3.05, 3.63) is 47.4 Å². The van der Waals surface area contributed by atoms with Crippen LogP contribution in [0.1, 0.15) is 48.1 Å². The molecule has 24 heavy (non-hydrogen) atoms. The van der Waals surface area contributed by atoms with Crippen LogP contribution < -0.4 is 0 Å². The lowest BCUT2D eigenvalue weighted by molar-refractivity contribution is 0.0697. The number of carboxylic acids is 1. The van der Waals surface area contributed by atoms with E-state index in [0.717, 1.165) is 42.3 Å². The summed E-state index contributed by atoms with van der Waals surface area (Å²) in [5, 5.41) is 9.18. The van der Waals surface area contributed by atoms with Crippen LogP contribution in [0.15, 0.2) is 30.3 Å². The van der Waals surface area contributed by atoms with Crippen molar-refractivity contribution in [3.63, 3.8) is 0 Å². The molecule has 0 amide bonds. The van der Waals surface area contributed by atoms with Crippen molar-refractivity contribution in [1.82, 2.24) is 14.9 Å². The zero-order chi connectivity index (χ0) is 17.3. The minimum absolute atomic E-state index is 0.275. The van der Waals surface area contributed by atoms with Crippen molar-refractivity contribution in [2.45, 2.75) is 39.2 Å². The van der Waals surface area contributed by atoms with E-state index < -0.39 is 5.97 Å². The molecule has 3 rings (SSSR count). The fourth-order valence-corrected chi connectivity index (χ4v) is 3.26. The Hall–Kier alpha value is -2.27. The second-order valence-corrected chi connectivity index (χ2v) is 6.69. The molecule has 1 aliphatic heterocycles. The molecule has 0 aliphatic carbocycles. The molecular formula is C19H23N3O2. The van der Waals surface area contributed by atoms with Gasteiger partial charge < -0.3 is 10.0 Å². The normalized spacial score (nSPS) is 18.2. The molecule has 0 bridgehead atoms. The summed E-state index contributed by atoms with van der Waals surface area (Å²) in [5.74, 6) is 0.216. The van der Waals surface area contributed by atoms with E-state index in [-0.39, 0.29) is 5.56 Å². The van der Waals surface area contributed by atoms with Gasteiger partial charge >= 0.3 is 5.97 Å². The number of nitrogens with zero attached hydrogens (tertiary/aromatic N) is 3. The van der Waals surface area contributed by atoms with Crippen LogP contribution in [0.4, 0.5) is 0 Å². The van der Waals surface area contributed by atoms with Gasteiger partial charge in [-0.25, -0.2) is 14.8 Å². The summed E-state index contributed by atoms with van der Waals surface area (Å²) < 4.78 is 0. The summed E-state index contributed by atoms with van der Waals surface area (Å²) in [7, 11) is 0. The Balaban J connectivity index is 1.92. The number of aromatic carboxylic acids is 1. The van der Waals surface area contributed by atoms with Crippen molar-refractivity contribution in [3.8, 4) is 11.3 Å². The maximum Gasteiger partial charge on any atom is 0.335 e. The van der Waals surface area contributed by atoms with Crippen molar-refractivity contribution < 1.29 is 9.90 Å². The van der Waals surface area contributed by atoms with Crippen LogP contribution in [0, 0.1) is 6.92 Å². The minimum Gasteiger partial charge on any atom is -0.478 e. The number of hydrogen-bond donors (Lipinski definition) is 1. The fraction of sp³-hybridized carbons (Fsp3) is 0.421. The largest absolute Gasteiger partial charge is 0.478 e. The van der Waals surface area contributed by atoms with E-state index in [4.69, 9.17) is 0 Å². The van der Waals surface area contributed by atoms with Crippen LogP contribution in [0.5, 0.6) is 0 Å². The molecule has 1 atom stereocenters. The van der Waals surface area contributed by atoms with Gasteiger partial charge in [0.15, 0.2) is 0 Å². The number of carbonyl (C=O) groups is 1. The quantitative estimate of drug-likeness (QED) is 0.934. The summed E-state index contributed by atoms with van der Waals surface area (Å²) in [5.41, 5.74) is 2.95. The smallest absolute Gasteiger partial charge is 0.335 e. The van der Waals surface area contributed by atoms with Crippen molar-refractivity contribution >= 4 is 5.97 Å². The van der Waals surface area contributed by atoms with Crippen LogP contribution in [-0.4, -0.2) is 45.1 Å². The molecule has 1 N–H and O–H groups in total. The Morgan fingerprint density at radius 1 is 1.29 bits per heavy atom. The van der Waals surface area contributed by atoms with E-state index in [2.05, 4.69) is 28.7 Å². The molecule has 5 heteroatoms. The molecule has 2 heterocycles. The van der Waals surface area contributed by atoms with Crippen LogP contribution in [0.2, 0.25) is 0 Å². The van der Waals surface area contributed by atoms with Gasteiger partial charge in [-0.05, 0) is 51.9 Å². The molecule has 1 saturated heterocycles. The van der Waals surface area contributed by atoms with Gasteiger partial charge in [-0.1, -0.05) is 12.1 Å². The third kappa shape index (κ3) is 3.46. The lowest BCUT2D eigenvalue weighted by Crippen LogP contribution is -2.28. The first-order valence-electron chi connectivity index (χ1n) is 8.37. The highest BCUT2D eigenvalue weighted by atomic mass is 16.4. The molecule has 2 aromatic rings. The zero-order valence-corrected chi connectivity index (χ0v) is 14.4. The summed E-state index contributed by atoms with van der Waals surface area (Å²) in [6, 6.07) is 9.48. The molecule has 1 aromatic heterocycles. The summed E-state index contributed by atoms with van der Waals surface area (Å²) >= 11 is 0. The number of rotatable bonds is 4. The maximum atomic E-state index is 11.2. The second-order valence-electron chi connectivity index (χ2n) is 6.69. The maximum absolute atomic E-state index is 11.2. The lowest BCUT2D eigenvalue weighted by atomic mass is 10.0. The van der Waals surface area contributed by atoms with E-state index in [1.165, 1.54) is 0 Å². The predicted octanol–water partition coefficient (Wildman–Crippen LogP) is 3.35. The van der Waals surface area contributed by atoms with E-state index >= 15 is 0 Å². The van der Waals surface area contributed by atoms with E-state index in [9.17, 15) is 9.90 Å². The van der Waals surface area contributed by atoms with Gasteiger partial charge in [0, 0.05) is 29.8 Å². The molecule has 1 aliphatic rings. The highest BCUT2D eigenvalue weighted by Gasteiger charge is 2.27. The second kappa shape index (κ2) is 6.69. The number of aryl methyl sites for hydroxylation is 1. The molecule has 1 fully saturated rings. The van der Waals surface area contributed by atoms with Crippen molar-refractivity contribution in [2.75, 3.05) is 13.1 Å². The lowest BCUT2D eigenvalue weighted by Gasteiger charge is -2.20. The minimum atomic E-state index is -0.925.